The van der Waals surface area contributed by atoms with Crippen LogP contribution in [-0.4, -0.2) is 9.55 Å². The molecule has 0 radical (unpaired) electrons. The van der Waals surface area contributed by atoms with Crippen molar-refractivity contribution in [2.75, 3.05) is 0 Å². The van der Waals surface area contributed by atoms with E-state index in [1.165, 1.54) is 6.07 Å². The van der Waals surface area contributed by atoms with Crippen LogP contribution in [0.2, 0.25) is 0 Å². The van der Waals surface area contributed by atoms with Gasteiger partial charge < -0.3 is 10.3 Å². The lowest BCUT2D eigenvalue weighted by Crippen LogP contribution is -2.05. The number of benzene rings is 1. The number of nitrogens with two attached hydrogens (primary N) is 1. The largest absolute Gasteiger partial charge is 0.417 e. The lowest BCUT2D eigenvalue weighted by atomic mass is 10.0. The molecule has 0 bridgehead atoms. The van der Waals surface area contributed by atoms with E-state index in [2.05, 4.69) is 4.98 Å². The highest BCUT2D eigenvalue weighted by molar-refractivity contribution is 5.98. The molecule has 0 spiro atoms. The summed E-state index contributed by atoms with van der Waals surface area (Å²) in [6.45, 7) is 0.312. The number of nitrogens with zero attached hydrogens (tertiary/aromatic N) is 2. The zero-order valence-corrected chi connectivity index (χ0v) is 11.9. The lowest BCUT2D eigenvalue weighted by molar-refractivity contribution is -0.136. The van der Waals surface area contributed by atoms with Gasteiger partial charge in [-0.3, -0.25) is 4.98 Å². The van der Waals surface area contributed by atoms with Crippen LogP contribution in [-0.2, 0) is 19.8 Å². The molecule has 3 aromatic rings. The van der Waals surface area contributed by atoms with Crippen LogP contribution in [0.15, 0.2) is 42.7 Å². The Morgan fingerprint density at radius 1 is 1.23 bits per heavy atom. The molecule has 22 heavy (non-hydrogen) atoms. The summed E-state index contributed by atoms with van der Waals surface area (Å²) in [5, 5.41) is 0.166. The predicted molar refractivity (Wildman–Crippen MR) is 79.0 cm³/mol. The van der Waals surface area contributed by atoms with Gasteiger partial charge in [0.25, 0.3) is 0 Å². The highest BCUT2D eigenvalue weighted by Crippen LogP contribution is 2.40. The van der Waals surface area contributed by atoms with Crippen LogP contribution in [0.1, 0.15) is 11.1 Å². The third-order valence-corrected chi connectivity index (χ3v) is 3.66. The first-order valence-electron chi connectivity index (χ1n) is 6.72. The van der Waals surface area contributed by atoms with Crippen molar-refractivity contribution in [2.45, 2.75) is 12.7 Å². The van der Waals surface area contributed by atoms with E-state index in [4.69, 9.17) is 5.73 Å². The first kappa shape index (κ1) is 14.6. The first-order chi connectivity index (χ1) is 10.4. The Kier molecular flexibility index (Phi) is 3.41. The smallest absolute Gasteiger partial charge is 0.350 e. The molecule has 0 aliphatic rings. The summed E-state index contributed by atoms with van der Waals surface area (Å²) in [7, 11) is 1.72. The number of hydrogen-bond donors (Lipinski definition) is 1. The molecule has 0 unspecified atom stereocenters. The molecule has 2 N–H and O–H groups in total. The summed E-state index contributed by atoms with van der Waals surface area (Å²) < 4.78 is 41.6. The molecule has 0 saturated carbocycles. The highest BCUT2D eigenvalue weighted by Gasteiger charge is 2.34. The lowest BCUT2D eigenvalue weighted by Gasteiger charge is -2.10. The van der Waals surface area contributed by atoms with Gasteiger partial charge in [-0.05, 0) is 29.8 Å². The van der Waals surface area contributed by atoms with Gasteiger partial charge in [-0.2, -0.15) is 13.2 Å². The van der Waals surface area contributed by atoms with Crippen molar-refractivity contribution in [3.63, 3.8) is 0 Å². The Hall–Kier alpha value is -2.34. The van der Waals surface area contributed by atoms with E-state index in [1.54, 1.807) is 42.2 Å². The van der Waals surface area contributed by atoms with Crippen LogP contribution in [0.5, 0.6) is 0 Å². The second kappa shape index (κ2) is 5.14. The first-order valence-corrected chi connectivity index (χ1v) is 6.72. The Morgan fingerprint density at radius 2 is 2.00 bits per heavy atom. The van der Waals surface area contributed by atoms with Crippen LogP contribution in [0.25, 0.3) is 22.2 Å². The predicted octanol–water partition coefficient (Wildman–Crippen LogP) is 3.72. The van der Waals surface area contributed by atoms with Gasteiger partial charge in [-0.15, -0.1) is 0 Å². The normalized spacial score (nSPS) is 12.0. The molecule has 3 nitrogen and oxygen atoms in total. The maximum absolute atomic E-state index is 13.3. The number of alkyl halides is 3. The summed E-state index contributed by atoms with van der Waals surface area (Å²) in [5.41, 5.74) is 7.24. The monoisotopic (exact) mass is 305 g/mol. The van der Waals surface area contributed by atoms with E-state index in [0.29, 0.717) is 23.3 Å². The third kappa shape index (κ3) is 2.35. The maximum atomic E-state index is 13.3. The standard InChI is InChI=1S/C16H14F3N3/c1-22-9-11(13-7-10(8-20)5-6-21-13)15-12(16(17,18)19)3-2-4-14(15)22/h2-7,9H,8,20H2,1H3. The zero-order chi connectivity index (χ0) is 15.9. The van der Waals surface area contributed by atoms with E-state index < -0.39 is 11.7 Å². The Morgan fingerprint density at radius 3 is 2.68 bits per heavy atom. The quantitative estimate of drug-likeness (QED) is 0.784. The van der Waals surface area contributed by atoms with Gasteiger partial charge in [-0.25, -0.2) is 0 Å². The number of pyridine rings is 1. The minimum absolute atomic E-state index is 0.166. The third-order valence-electron chi connectivity index (χ3n) is 3.66. The molecular formula is C16H14F3N3. The number of halogens is 3. The van der Waals surface area contributed by atoms with Gasteiger partial charge in [0.2, 0.25) is 0 Å². The van der Waals surface area contributed by atoms with Crippen LogP contribution >= 0.6 is 0 Å². The Labute approximate surface area is 125 Å². The molecule has 0 amide bonds. The van der Waals surface area contributed by atoms with Crippen LogP contribution in [0.4, 0.5) is 13.2 Å². The highest BCUT2D eigenvalue weighted by atomic mass is 19.4. The second-order valence-electron chi connectivity index (χ2n) is 5.10. The van der Waals surface area contributed by atoms with Crippen molar-refractivity contribution in [1.82, 2.24) is 9.55 Å². The molecule has 0 saturated heterocycles. The van der Waals surface area contributed by atoms with Crippen molar-refractivity contribution < 1.29 is 13.2 Å². The summed E-state index contributed by atoms with van der Waals surface area (Å²) >= 11 is 0. The van der Waals surface area contributed by atoms with E-state index in [0.717, 1.165) is 11.6 Å². The van der Waals surface area contributed by atoms with E-state index in [1.807, 2.05) is 0 Å². The van der Waals surface area contributed by atoms with E-state index in [-0.39, 0.29) is 5.39 Å². The van der Waals surface area contributed by atoms with Gasteiger partial charge in [0, 0.05) is 42.5 Å². The van der Waals surface area contributed by atoms with Crippen molar-refractivity contribution in [2.24, 2.45) is 12.8 Å². The van der Waals surface area contributed by atoms with Crippen molar-refractivity contribution in [3.8, 4) is 11.3 Å². The minimum Gasteiger partial charge on any atom is -0.350 e. The van der Waals surface area contributed by atoms with E-state index >= 15 is 0 Å². The van der Waals surface area contributed by atoms with Crippen molar-refractivity contribution in [3.05, 3.63) is 53.9 Å². The fraction of sp³-hybridized carbons (Fsp3) is 0.188. The SMILES string of the molecule is Cn1cc(-c2cc(CN)ccn2)c2c(C(F)(F)F)cccc21. The number of aromatic nitrogens is 2. The summed E-state index contributed by atoms with van der Waals surface area (Å²) in [4.78, 5) is 4.21. The summed E-state index contributed by atoms with van der Waals surface area (Å²) in [6, 6.07) is 7.65. The number of hydrogen-bond acceptors (Lipinski definition) is 2. The molecule has 0 aliphatic carbocycles. The maximum Gasteiger partial charge on any atom is 0.417 e. The molecule has 1 aromatic carbocycles. The average Bonchev–Trinajstić information content (AvgIpc) is 2.84. The van der Waals surface area contributed by atoms with Crippen molar-refractivity contribution >= 4 is 10.9 Å². The Bertz CT molecular complexity index is 834. The molecule has 3 rings (SSSR count). The van der Waals surface area contributed by atoms with Crippen molar-refractivity contribution in [1.29, 1.82) is 0 Å². The van der Waals surface area contributed by atoms with Gasteiger partial charge in [0.1, 0.15) is 0 Å². The molecule has 0 fully saturated rings. The topological polar surface area (TPSA) is 43.8 Å². The van der Waals surface area contributed by atoms with Crippen LogP contribution < -0.4 is 5.73 Å². The van der Waals surface area contributed by atoms with Gasteiger partial charge in [0.05, 0.1) is 11.3 Å². The zero-order valence-electron chi connectivity index (χ0n) is 11.9. The molecule has 0 aliphatic heterocycles. The number of aryl methyl sites for hydroxylation is 1. The summed E-state index contributed by atoms with van der Waals surface area (Å²) in [5.74, 6) is 0. The van der Waals surface area contributed by atoms with Crippen LogP contribution in [0, 0.1) is 0 Å². The molecule has 2 heterocycles. The average molecular weight is 305 g/mol. The van der Waals surface area contributed by atoms with Gasteiger partial charge in [-0.1, -0.05) is 6.07 Å². The number of rotatable bonds is 2. The second-order valence-corrected chi connectivity index (χ2v) is 5.10. The minimum atomic E-state index is -4.42. The fourth-order valence-corrected chi connectivity index (χ4v) is 2.62. The Balaban J connectivity index is 2.34. The number of fused-ring (bicyclic) bond motifs is 1. The molecule has 114 valence electrons. The molecular weight excluding hydrogens is 291 g/mol. The molecule has 6 heteroatoms. The molecule has 2 aromatic heterocycles. The summed E-state index contributed by atoms with van der Waals surface area (Å²) in [6.07, 6.45) is -1.18. The van der Waals surface area contributed by atoms with Crippen LogP contribution in [0.3, 0.4) is 0 Å². The molecule has 0 atom stereocenters. The van der Waals surface area contributed by atoms with Gasteiger partial charge in [0.15, 0.2) is 0 Å². The van der Waals surface area contributed by atoms with E-state index in [9.17, 15) is 13.2 Å². The fourth-order valence-electron chi connectivity index (χ4n) is 2.62. The van der Waals surface area contributed by atoms with Gasteiger partial charge >= 0.3 is 6.18 Å².